The topological polar surface area (TPSA) is 25.8 Å². The van der Waals surface area contributed by atoms with E-state index >= 15 is 0 Å². The average molecular weight is 393 g/mol. The summed E-state index contributed by atoms with van der Waals surface area (Å²) < 4.78 is 12.8. The van der Waals surface area contributed by atoms with E-state index in [1.54, 1.807) is 6.92 Å². The third-order valence-corrected chi connectivity index (χ3v) is 5.51. The second kappa shape index (κ2) is 11.0. The first-order valence-corrected chi connectivity index (χ1v) is 11.1. The third-order valence-electron chi connectivity index (χ3n) is 5.51. The van der Waals surface area contributed by atoms with Gasteiger partial charge < -0.3 is 0 Å². The van der Waals surface area contributed by atoms with Crippen LogP contribution >= 0.6 is 0 Å². The molecule has 0 N–H and O–H groups in total. The predicted molar refractivity (Wildman–Crippen MR) is 121 cm³/mol. The molecule has 0 bridgehead atoms. The van der Waals surface area contributed by atoms with Crippen LogP contribution in [0.5, 0.6) is 0 Å². The number of nitrogens with zero attached hydrogens (tertiary/aromatic N) is 2. The number of benzene rings is 2. The summed E-state index contributed by atoms with van der Waals surface area (Å²) in [5.74, 6) is 0.875. The highest BCUT2D eigenvalue weighted by molar-refractivity contribution is 5.87. The van der Waals surface area contributed by atoms with Gasteiger partial charge in [0.15, 0.2) is 0 Å². The van der Waals surface area contributed by atoms with Crippen LogP contribution < -0.4 is 0 Å². The van der Waals surface area contributed by atoms with Crippen molar-refractivity contribution in [3.05, 3.63) is 60.2 Å². The van der Waals surface area contributed by atoms with Gasteiger partial charge >= 0.3 is 0 Å². The molecule has 2 nitrogen and oxygen atoms in total. The van der Waals surface area contributed by atoms with Gasteiger partial charge in [-0.2, -0.15) is 0 Å². The molecular formula is C26H33FN2. The Bertz CT molecular complexity index is 887. The highest BCUT2D eigenvalue weighted by atomic mass is 19.1. The van der Waals surface area contributed by atoms with Crippen LogP contribution in [0.15, 0.2) is 48.8 Å². The fourth-order valence-electron chi connectivity index (χ4n) is 3.73. The monoisotopic (exact) mass is 392 g/mol. The Morgan fingerprint density at radius 1 is 0.793 bits per heavy atom. The van der Waals surface area contributed by atoms with Crippen LogP contribution in [0.2, 0.25) is 0 Å². The van der Waals surface area contributed by atoms with E-state index in [9.17, 15) is 4.39 Å². The van der Waals surface area contributed by atoms with E-state index in [-0.39, 0.29) is 0 Å². The molecule has 0 saturated carbocycles. The van der Waals surface area contributed by atoms with Crippen molar-refractivity contribution in [2.24, 2.45) is 0 Å². The zero-order valence-corrected chi connectivity index (χ0v) is 17.8. The van der Waals surface area contributed by atoms with Crippen LogP contribution in [0, 0.1) is 0 Å². The lowest BCUT2D eigenvalue weighted by Gasteiger charge is -2.07. The van der Waals surface area contributed by atoms with E-state index in [4.69, 9.17) is 0 Å². The standard InChI is InChI=1S/C26H33FN2/c1-3-4-6-10-21-12-13-23-17-24(15-14-22(23)16-21)25-18-28-26(29-19-25)11-8-5-7-9-20(2)27/h12-20H,3-11H2,1-2H3. The molecule has 1 aromatic heterocycles. The quantitative estimate of drug-likeness (QED) is 0.316. The van der Waals surface area contributed by atoms with E-state index in [1.807, 2.05) is 12.4 Å². The maximum absolute atomic E-state index is 12.8. The van der Waals surface area contributed by atoms with Gasteiger partial charge in [-0.3, -0.25) is 0 Å². The Balaban J connectivity index is 1.60. The molecule has 0 radical (unpaired) electrons. The van der Waals surface area contributed by atoms with Crippen LogP contribution in [0.4, 0.5) is 4.39 Å². The van der Waals surface area contributed by atoms with E-state index in [0.29, 0.717) is 6.42 Å². The molecule has 3 aromatic rings. The smallest absolute Gasteiger partial charge is 0.128 e. The van der Waals surface area contributed by atoms with E-state index in [0.717, 1.165) is 49.1 Å². The first kappa shape index (κ1) is 21.4. The Labute approximate surface area is 174 Å². The molecule has 0 aliphatic rings. The molecule has 0 saturated heterocycles. The molecule has 154 valence electrons. The molecule has 1 atom stereocenters. The number of halogens is 1. The van der Waals surface area contributed by atoms with Crippen LogP contribution in [0.1, 0.15) is 70.2 Å². The minimum absolute atomic E-state index is 0.655. The molecule has 0 aliphatic heterocycles. The molecule has 1 heterocycles. The van der Waals surface area contributed by atoms with Gasteiger partial charge in [-0.15, -0.1) is 0 Å². The van der Waals surface area contributed by atoms with Crippen molar-refractivity contribution < 1.29 is 4.39 Å². The molecule has 0 spiro atoms. The highest BCUT2D eigenvalue weighted by Gasteiger charge is 2.04. The zero-order chi connectivity index (χ0) is 20.5. The molecule has 3 rings (SSSR count). The molecule has 2 aromatic carbocycles. The van der Waals surface area contributed by atoms with Gasteiger partial charge in [0.25, 0.3) is 0 Å². The molecular weight excluding hydrogens is 359 g/mol. The Hall–Kier alpha value is -2.29. The molecule has 0 amide bonds. The fraction of sp³-hybridized carbons (Fsp3) is 0.462. The Kier molecular flexibility index (Phi) is 8.15. The maximum Gasteiger partial charge on any atom is 0.128 e. The van der Waals surface area contributed by atoms with Crippen molar-refractivity contribution >= 4 is 10.8 Å². The van der Waals surface area contributed by atoms with Crippen molar-refractivity contribution in [3.63, 3.8) is 0 Å². The SMILES string of the molecule is CCCCCc1ccc2cc(-c3cnc(CCCCCC(C)F)nc3)ccc2c1. The van der Waals surface area contributed by atoms with Crippen LogP contribution in [-0.4, -0.2) is 16.1 Å². The van der Waals surface area contributed by atoms with Gasteiger partial charge in [-0.25, -0.2) is 14.4 Å². The molecule has 0 aliphatic carbocycles. The number of aryl methyl sites for hydroxylation is 2. The maximum atomic E-state index is 12.8. The van der Waals surface area contributed by atoms with Crippen molar-refractivity contribution in [1.82, 2.24) is 9.97 Å². The molecule has 29 heavy (non-hydrogen) atoms. The first-order chi connectivity index (χ1) is 14.2. The first-order valence-electron chi connectivity index (χ1n) is 11.1. The van der Waals surface area contributed by atoms with Crippen molar-refractivity contribution in [2.75, 3.05) is 0 Å². The average Bonchev–Trinajstić information content (AvgIpc) is 2.73. The summed E-state index contributed by atoms with van der Waals surface area (Å²) in [5.41, 5.74) is 3.63. The highest BCUT2D eigenvalue weighted by Crippen LogP contribution is 2.25. The second-order valence-corrected chi connectivity index (χ2v) is 8.12. The summed E-state index contributed by atoms with van der Waals surface area (Å²) in [4.78, 5) is 9.08. The lowest BCUT2D eigenvalue weighted by Crippen LogP contribution is -1.96. The summed E-state index contributed by atoms with van der Waals surface area (Å²) in [6, 6.07) is 13.4. The number of fused-ring (bicyclic) bond motifs is 1. The normalized spacial score (nSPS) is 12.4. The van der Waals surface area contributed by atoms with E-state index in [1.165, 1.54) is 35.6 Å². The number of alkyl halides is 1. The summed E-state index contributed by atoms with van der Waals surface area (Å²) in [5, 5.41) is 2.55. The van der Waals surface area contributed by atoms with Crippen LogP contribution in [-0.2, 0) is 12.8 Å². The number of aromatic nitrogens is 2. The minimum atomic E-state index is -0.694. The summed E-state index contributed by atoms with van der Waals surface area (Å²) in [6.45, 7) is 3.87. The Morgan fingerprint density at radius 3 is 2.28 bits per heavy atom. The Morgan fingerprint density at radius 2 is 1.52 bits per heavy atom. The van der Waals surface area contributed by atoms with Gasteiger partial charge in [0.2, 0.25) is 0 Å². The summed E-state index contributed by atoms with van der Waals surface area (Å²) in [7, 11) is 0. The van der Waals surface area contributed by atoms with Gasteiger partial charge in [0.1, 0.15) is 5.82 Å². The summed E-state index contributed by atoms with van der Waals surface area (Å²) in [6.07, 6.45) is 12.6. The molecule has 3 heteroatoms. The van der Waals surface area contributed by atoms with Gasteiger partial charge in [-0.05, 0) is 60.6 Å². The number of hydrogen-bond acceptors (Lipinski definition) is 2. The lowest BCUT2D eigenvalue weighted by atomic mass is 9.99. The van der Waals surface area contributed by atoms with Crippen LogP contribution in [0.25, 0.3) is 21.9 Å². The van der Waals surface area contributed by atoms with Gasteiger partial charge in [0, 0.05) is 24.4 Å². The third kappa shape index (κ3) is 6.62. The number of hydrogen-bond donors (Lipinski definition) is 0. The number of unbranched alkanes of at least 4 members (excludes halogenated alkanes) is 4. The van der Waals surface area contributed by atoms with Gasteiger partial charge in [0.05, 0.1) is 6.17 Å². The lowest BCUT2D eigenvalue weighted by molar-refractivity contribution is 0.330. The minimum Gasteiger partial charge on any atom is -0.248 e. The summed E-state index contributed by atoms with van der Waals surface area (Å²) >= 11 is 0. The fourth-order valence-corrected chi connectivity index (χ4v) is 3.73. The van der Waals surface area contributed by atoms with E-state index < -0.39 is 6.17 Å². The predicted octanol–water partition coefficient (Wildman–Crippen LogP) is 7.49. The van der Waals surface area contributed by atoms with Gasteiger partial charge in [-0.1, -0.05) is 62.9 Å². The zero-order valence-electron chi connectivity index (χ0n) is 17.8. The van der Waals surface area contributed by atoms with Crippen molar-refractivity contribution in [1.29, 1.82) is 0 Å². The van der Waals surface area contributed by atoms with Crippen molar-refractivity contribution in [2.45, 2.75) is 77.8 Å². The van der Waals surface area contributed by atoms with Crippen molar-refractivity contribution in [3.8, 4) is 11.1 Å². The van der Waals surface area contributed by atoms with E-state index in [2.05, 4.69) is 53.3 Å². The number of rotatable bonds is 11. The second-order valence-electron chi connectivity index (χ2n) is 8.12. The van der Waals surface area contributed by atoms with Crippen LogP contribution in [0.3, 0.4) is 0 Å². The largest absolute Gasteiger partial charge is 0.248 e. The molecule has 0 fully saturated rings. The molecule has 1 unspecified atom stereocenters.